The van der Waals surface area contributed by atoms with Gasteiger partial charge >= 0.3 is 0 Å². The van der Waals surface area contributed by atoms with Crippen LogP contribution in [0.2, 0.25) is 0 Å². The molecule has 0 aliphatic carbocycles. The van der Waals surface area contributed by atoms with Gasteiger partial charge in [0.05, 0.1) is 0 Å². The fourth-order valence-electron chi connectivity index (χ4n) is 2.31. The van der Waals surface area contributed by atoms with Crippen LogP contribution < -0.4 is 5.32 Å². The molecule has 20 heavy (non-hydrogen) atoms. The number of unbranched alkanes of at least 4 members (excludes halogenated alkanes) is 1. The van der Waals surface area contributed by atoms with Crippen molar-refractivity contribution in [3.8, 4) is 0 Å². The van der Waals surface area contributed by atoms with E-state index in [4.69, 9.17) is 0 Å². The molecular weight excluding hydrogens is 246 g/mol. The molecule has 0 bridgehead atoms. The summed E-state index contributed by atoms with van der Waals surface area (Å²) in [6, 6.07) is 4.88. The average Bonchev–Trinajstić information content (AvgIpc) is 2.48. The van der Waals surface area contributed by atoms with E-state index >= 15 is 0 Å². The molecule has 0 aliphatic heterocycles. The third-order valence-electron chi connectivity index (χ3n) is 3.70. The van der Waals surface area contributed by atoms with Crippen molar-refractivity contribution in [2.24, 2.45) is 0 Å². The number of rotatable bonds is 11. The molecule has 1 unspecified atom stereocenters. The number of nitrogens with one attached hydrogen (secondary N) is 1. The summed E-state index contributed by atoms with van der Waals surface area (Å²) in [6.07, 6.45) is 10.00. The van der Waals surface area contributed by atoms with E-state index in [2.05, 4.69) is 48.2 Å². The first-order valence-corrected chi connectivity index (χ1v) is 8.03. The Bertz CT molecular complexity index is 326. The van der Waals surface area contributed by atoms with Crippen LogP contribution in [0, 0.1) is 0 Å². The Kier molecular flexibility index (Phi) is 9.25. The maximum Gasteiger partial charge on any atom is 0.0270 e. The van der Waals surface area contributed by atoms with Gasteiger partial charge in [-0.05, 0) is 70.4 Å². The second kappa shape index (κ2) is 10.8. The van der Waals surface area contributed by atoms with Crippen LogP contribution in [0.3, 0.4) is 0 Å². The Hall–Kier alpha value is -0.930. The van der Waals surface area contributed by atoms with Gasteiger partial charge in [0.2, 0.25) is 0 Å². The molecule has 1 atom stereocenters. The minimum Gasteiger partial charge on any atom is -0.314 e. The molecule has 1 N–H and O–H groups in total. The van der Waals surface area contributed by atoms with Crippen molar-refractivity contribution < 1.29 is 0 Å². The van der Waals surface area contributed by atoms with Crippen LogP contribution in [0.1, 0.15) is 45.1 Å². The predicted molar refractivity (Wildman–Crippen MR) is 87.0 cm³/mol. The van der Waals surface area contributed by atoms with Gasteiger partial charge in [-0.1, -0.05) is 13.3 Å². The zero-order valence-corrected chi connectivity index (χ0v) is 13.4. The van der Waals surface area contributed by atoms with E-state index in [9.17, 15) is 0 Å². The first kappa shape index (κ1) is 17.1. The predicted octanol–water partition coefficient (Wildman–Crippen LogP) is 3.11. The summed E-state index contributed by atoms with van der Waals surface area (Å²) in [5.74, 6) is 0. The number of aromatic nitrogens is 1. The lowest BCUT2D eigenvalue weighted by Gasteiger charge is -2.17. The normalized spacial score (nSPS) is 12.8. The van der Waals surface area contributed by atoms with Crippen molar-refractivity contribution in [3.05, 3.63) is 30.1 Å². The summed E-state index contributed by atoms with van der Waals surface area (Å²) in [5.41, 5.74) is 1.38. The Morgan fingerprint density at radius 1 is 1.20 bits per heavy atom. The first-order valence-electron chi connectivity index (χ1n) is 8.03. The van der Waals surface area contributed by atoms with Crippen molar-refractivity contribution in [1.82, 2.24) is 15.2 Å². The van der Waals surface area contributed by atoms with Gasteiger partial charge < -0.3 is 10.2 Å². The standard InChI is InChI=1S/C17H31N3/c1-4-11-19-16(2)7-5-6-14-20(3)15-10-17-8-12-18-13-9-17/h8-9,12-13,16,19H,4-7,10-11,14-15H2,1-3H3. The van der Waals surface area contributed by atoms with Crippen molar-refractivity contribution in [3.63, 3.8) is 0 Å². The number of pyridine rings is 1. The van der Waals surface area contributed by atoms with Crippen LogP contribution in [-0.2, 0) is 6.42 Å². The molecule has 3 nitrogen and oxygen atoms in total. The molecule has 0 aliphatic rings. The molecule has 114 valence electrons. The second-order valence-electron chi connectivity index (χ2n) is 5.76. The Morgan fingerprint density at radius 3 is 2.65 bits per heavy atom. The van der Waals surface area contributed by atoms with Crippen molar-refractivity contribution in [2.75, 3.05) is 26.7 Å². The minimum absolute atomic E-state index is 0.664. The van der Waals surface area contributed by atoms with Gasteiger partial charge in [-0.2, -0.15) is 0 Å². The minimum atomic E-state index is 0.664. The molecule has 0 radical (unpaired) electrons. The van der Waals surface area contributed by atoms with E-state index in [0.29, 0.717) is 6.04 Å². The Morgan fingerprint density at radius 2 is 1.95 bits per heavy atom. The van der Waals surface area contributed by atoms with E-state index in [1.807, 2.05) is 12.4 Å². The van der Waals surface area contributed by atoms with E-state index in [0.717, 1.165) is 19.5 Å². The van der Waals surface area contributed by atoms with Crippen LogP contribution in [0.4, 0.5) is 0 Å². The largest absolute Gasteiger partial charge is 0.314 e. The van der Waals surface area contributed by atoms with Gasteiger partial charge in [-0.25, -0.2) is 0 Å². The molecule has 0 fully saturated rings. The maximum absolute atomic E-state index is 4.05. The average molecular weight is 277 g/mol. The lowest BCUT2D eigenvalue weighted by atomic mass is 10.1. The zero-order chi connectivity index (χ0) is 14.6. The molecule has 1 heterocycles. The smallest absolute Gasteiger partial charge is 0.0270 e. The van der Waals surface area contributed by atoms with Gasteiger partial charge in [0.15, 0.2) is 0 Å². The highest BCUT2D eigenvalue weighted by Crippen LogP contribution is 2.03. The Balaban J connectivity index is 2.01. The summed E-state index contributed by atoms with van der Waals surface area (Å²) < 4.78 is 0. The van der Waals surface area contributed by atoms with Crippen LogP contribution in [0.15, 0.2) is 24.5 Å². The number of likely N-dealkylation sites (N-methyl/N-ethyl adjacent to an activating group) is 1. The second-order valence-corrected chi connectivity index (χ2v) is 5.76. The number of hydrogen-bond acceptors (Lipinski definition) is 3. The number of nitrogens with zero attached hydrogens (tertiary/aromatic N) is 2. The van der Waals surface area contributed by atoms with Crippen molar-refractivity contribution in [2.45, 2.75) is 52.0 Å². The van der Waals surface area contributed by atoms with E-state index in [1.54, 1.807) is 0 Å². The topological polar surface area (TPSA) is 28.2 Å². The highest BCUT2D eigenvalue weighted by Gasteiger charge is 2.02. The fourth-order valence-corrected chi connectivity index (χ4v) is 2.31. The van der Waals surface area contributed by atoms with E-state index < -0.39 is 0 Å². The van der Waals surface area contributed by atoms with Crippen LogP contribution in [0.5, 0.6) is 0 Å². The summed E-state index contributed by atoms with van der Waals surface area (Å²) in [7, 11) is 2.22. The maximum atomic E-state index is 4.05. The molecule has 0 amide bonds. The van der Waals surface area contributed by atoms with Gasteiger partial charge in [0.1, 0.15) is 0 Å². The third-order valence-corrected chi connectivity index (χ3v) is 3.70. The molecule has 1 aromatic rings. The summed E-state index contributed by atoms with van der Waals surface area (Å²) in [5, 5.41) is 3.55. The van der Waals surface area contributed by atoms with Gasteiger partial charge in [-0.15, -0.1) is 0 Å². The monoisotopic (exact) mass is 277 g/mol. The fraction of sp³-hybridized carbons (Fsp3) is 0.706. The van der Waals surface area contributed by atoms with Crippen molar-refractivity contribution in [1.29, 1.82) is 0 Å². The van der Waals surface area contributed by atoms with Crippen LogP contribution >= 0.6 is 0 Å². The Labute approximate surface area is 124 Å². The van der Waals surface area contributed by atoms with Gasteiger partial charge in [-0.3, -0.25) is 4.98 Å². The van der Waals surface area contributed by atoms with Gasteiger partial charge in [0, 0.05) is 25.0 Å². The molecule has 1 aromatic heterocycles. The molecular formula is C17H31N3. The lowest BCUT2D eigenvalue weighted by molar-refractivity contribution is 0.324. The van der Waals surface area contributed by atoms with E-state index in [1.165, 1.54) is 37.8 Å². The highest BCUT2D eigenvalue weighted by molar-refractivity contribution is 5.09. The lowest BCUT2D eigenvalue weighted by Crippen LogP contribution is -2.27. The molecule has 0 spiro atoms. The van der Waals surface area contributed by atoms with Crippen molar-refractivity contribution >= 4 is 0 Å². The molecule has 0 aromatic carbocycles. The summed E-state index contributed by atoms with van der Waals surface area (Å²) in [4.78, 5) is 6.49. The third kappa shape index (κ3) is 8.28. The highest BCUT2D eigenvalue weighted by atomic mass is 15.1. The first-order chi connectivity index (χ1) is 9.72. The molecule has 1 rings (SSSR count). The molecule has 0 saturated heterocycles. The van der Waals surface area contributed by atoms with Crippen LogP contribution in [0.25, 0.3) is 0 Å². The zero-order valence-electron chi connectivity index (χ0n) is 13.4. The molecule has 3 heteroatoms. The quantitative estimate of drug-likeness (QED) is 0.630. The number of hydrogen-bond donors (Lipinski definition) is 1. The van der Waals surface area contributed by atoms with Gasteiger partial charge in [0.25, 0.3) is 0 Å². The summed E-state index contributed by atoms with van der Waals surface area (Å²) >= 11 is 0. The molecule has 0 saturated carbocycles. The SMILES string of the molecule is CCCNC(C)CCCCN(C)CCc1ccncc1. The van der Waals surface area contributed by atoms with Crippen LogP contribution in [-0.4, -0.2) is 42.6 Å². The summed E-state index contributed by atoms with van der Waals surface area (Å²) in [6.45, 7) is 7.99. The van der Waals surface area contributed by atoms with E-state index in [-0.39, 0.29) is 0 Å².